The second-order valence-electron chi connectivity index (χ2n) is 8.20. The summed E-state index contributed by atoms with van der Waals surface area (Å²) in [6.07, 6.45) is 12.2. The second-order valence-corrected chi connectivity index (χ2v) is 8.20. The van der Waals surface area contributed by atoms with Crippen LogP contribution < -0.4 is 5.32 Å². The van der Waals surface area contributed by atoms with E-state index in [9.17, 15) is 4.79 Å². The monoisotopic (exact) mass is 309 g/mol. The summed E-state index contributed by atoms with van der Waals surface area (Å²) >= 11 is 0. The van der Waals surface area contributed by atoms with Gasteiger partial charge < -0.3 is 5.32 Å². The number of hydrogen-bond acceptors (Lipinski definition) is 2. The lowest BCUT2D eigenvalue weighted by Gasteiger charge is -2.44. The first-order valence-electron chi connectivity index (χ1n) is 9.69. The molecule has 0 heterocycles. The molecule has 1 unspecified atom stereocenters. The van der Waals surface area contributed by atoms with E-state index < -0.39 is 0 Å². The average molecular weight is 310 g/mol. The summed E-state index contributed by atoms with van der Waals surface area (Å²) in [7, 11) is 0. The van der Waals surface area contributed by atoms with Gasteiger partial charge in [0.1, 0.15) is 5.78 Å². The maximum Gasteiger partial charge on any atom is 0.150 e. The van der Waals surface area contributed by atoms with Crippen LogP contribution in [0.1, 0.15) is 98.8 Å². The number of ketones is 1. The van der Waals surface area contributed by atoms with Crippen molar-refractivity contribution in [1.82, 2.24) is 5.32 Å². The third kappa shape index (κ3) is 6.40. The van der Waals surface area contributed by atoms with Crippen molar-refractivity contribution in [3.63, 3.8) is 0 Å². The summed E-state index contributed by atoms with van der Waals surface area (Å²) < 4.78 is 0. The van der Waals surface area contributed by atoms with E-state index in [2.05, 4.69) is 39.9 Å². The predicted octanol–water partition coefficient (Wildman–Crippen LogP) is 5.50. The van der Waals surface area contributed by atoms with Crippen molar-refractivity contribution < 1.29 is 4.79 Å². The Morgan fingerprint density at radius 2 is 1.68 bits per heavy atom. The maximum atomic E-state index is 12.6. The van der Waals surface area contributed by atoms with Crippen LogP contribution in [0.4, 0.5) is 0 Å². The Morgan fingerprint density at radius 3 is 2.18 bits per heavy atom. The topological polar surface area (TPSA) is 29.1 Å². The molecule has 22 heavy (non-hydrogen) atoms. The Labute approximate surface area is 138 Å². The molecular weight excluding hydrogens is 270 g/mol. The van der Waals surface area contributed by atoms with E-state index in [0.29, 0.717) is 11.7 Å². The molecule has 0 aromatic carbocycles. The summed E-state index contributed by atoms with van der Waals surface area (Å²) in [6.45, 7) is 11.2. The fourth-order valence-electron chi connectivity index (χ4n) is 3.50. The molecule has 0 bridgehead atoms. The van der Waals surface area contributed by atoms with E-state index >= 15 is 0 Å². The molecule has 0 aromatic heterocycles. The predicted molar refractivity (Wildman–Crippen MR) is 96.2 cm³/mol. The van der Waals surface area contributed by atoms with Crippen LogP contribution in [0.25, 0.3) is 0 Å². The molecule has 0 aliphatic heterocycles. The molecule has 1 aliphatic rings. The smallest absolute Gasteiger partial charge is 0.150 e. The Morgan fingerprint density at radius 1 is 1.09 bits per heavy atom. The fraction of sp³-hybridized carbons (Fsp3) is 0.950. The minimum atomic E-state index is 0.0336. The summed E-state index contributed by atoms with van der Waals surface area (Å²) in [6, 6.07) is 0.0336. The van der Waals surface area contributed by atoms with Gasteiger partial charge in [0.25, 0.3) is 0 Å². The molecular formula is C20H39NO. The van der Waals surface area contributed by atoms with Crippen LogP contribution in [-0.2, 0) is 4.79 Å². The first kappa shape index (κ1) is 19.7. The molecule has 0 saturated heterocycles. The number of rotatable bonds is 12. The fourth-order valence-corrected chi connectivity index (χ4v) is 3.50. The summed E-state index contributed by atoms with van der Waals surface area (Å²) in [5, 5.41) is 3.71. The van der Waals surface area contributed by atoms with Crippen LogP contribution in [-0.4, -0.2) is 17.4 Å². The summed E-state index contributed by atoms with van der Waals surface area (Å²) in [4.78, 5) is 12.6. The minimum absolute atomic E-state index is 0.0336. The normalized spacial score (nSPS) is 17.5. The molecule has 1 saturated carbocycles. The number of hydrogen-bond donors (Lipinski definition) is 1. The number of Topliss-reactive ketones (excluding diaryl/α,β-unsaturated/α-hetero) is 1. The van der Waals surface area contributed by atoms with E-state index in [1.807, 2.05) is 0 Å². The lowest BCUT2D eigenvalue weighted by atomic mass is 9.72. The van der Waals surface area contributed by atoms with E-state index in [-0.39, 0.29) is 11.6 Å². The zero-order valence-electron chi connectivity index (χ0n) is 15.7. The molecule has 130 valence electrons. The van der Waals surface area contributed by atoms with Gasteiger partial charge in [-0.25, -0.2) is 0 Å². The van der Waals surface area contributed by atoms with Crippen LogP contribution in [0.15, 0.2) is 0 Å². The molecule has 1 aliphatic carbocycles. The number of carbonyl (C=O) groups is 1. The Kier molecular flexibility index (Phi) is 8.67. The highest BCUT2D eigenvalue weighted by atomic mass is 16.1. The molecule has 1 N–H and O–H groups in total. The van der Waals surface area contributed by atoms with Gasteiger partial charge in [0, 0.05) is 12.0 Å². The van der Waals surface area contributed by atoms with E-state index in [1.165, 1.54) is 51.4 Å². The van der Waals surface area contributed by atoms with Crippen molar-refractivity contribution in [3.8, 4) is 0 Å². The zero-order valence-corrected chi connectivity index (χ0v) is 15.7. The standard InChI is InChI=1S/C20H39NO/c1-6-7-8-9-10-11-15-18(22)19(16(2)3)21-20(4,5)17-13-12-14-17/h16-17,19,21H,6-15H2,1-5H3. The molecule has 0 spiro atoms. The number of unbranched alkanes of at least 4 members (excludes halogenated alkanes) is 5. The van der Waals surface area contributed by atoms with Crippen molar-refractivity contribution in [2.45, 2.75) is 110 Å². The van der Waals surface area contributed by atoms with Crippen molar-refractivity contribution in [1.29, 1.82) is 0 Å². The van der Waals surface area contributed by atoms with Crippen molar-refractivity contribution in [2.24, 2.45) is 11.8 Å². The summed E-state index contributed by atoms with van der Waals surface area (Å²) in [5.41, 5.74) is 0.101. The molecule has 0 amide bonds. The van der Waals surface area contributed by atoms with Crippen LogP contribution >= 0.6 is 0 Å². The Balaban J connectivity index is 2.36. The average Bonchev–Trinajstić information content (AvgIpc) is 2.37. The van der Waals surface area contributed by atoms with Crippen LogP contribution in [0.5, 0.6) is 0 Å². The van der Waals surface area contributed by atoms with Crippen LogP contribution in [0.2, 0.25) is 0 Å². The summed E-state index contributed by atoms with van der Waals surface area (Å²) in [5.74, 6) is 1.56. The largest absolute Gasteiger partial charge is 0.302 e. The van der Waals surface area contributed by atoms with Crippen LogP contribution in [0, 0.1) is 11.8 Å². The van der Waals surface area contributed by atoms with Gasteiger partial charge in [-0.05, 0) is 44.9 Å². The number of carbonyl (C=O) groups excluding carboxylic acids is 1. The molecule has 0 aromatic rings. The van der Waals surface area contributed by atoms with E-state index in [1.54, 1.807) is 0 Å². The lowest BCUT2D eigenvalue weighted by Crippen LogP contribution is -2.56. The van der Waals surface area contributed by atoms with Gasteiger partial charge in [-0.2, -0.15) is 0 Å². The molecule has 1 atom stereocenters. The van der Waals surface area contributed by atoms with Gasteiger partial charge in [-0.3, -0.25) is 4.79 Å². The Bertz CT molecular complexity index is 318. The van der Waals surface area contributed by atoms with Crippen molar-refractivity contribution in [2.75, 3.05) is 0 Å². The highest BCUT2D eigenvalue weighted by molar-refractivity contribution is 5.84. The van der Waals surface area contributed by atoms with Crippen LogP contribution in [0.3, 0.4) is 0 Å². The minimum Gasteiger partial charge on any atom is -0.302 e. The molecule has 1 fully saturated rings. The third-order valence-corrected chi connectivity index (χ3v) is 5.44. The first-order valence-corrected chi connectivity index (χ1v) is 9.69. The Hall–Kier alpha value is -0.370. The quantitative estimate of drug-likeness (QED) is 0.482. The SMILES string of the molecule is CCCCCCCCC(=O)C(NC(C)(C)C1CCC1)C(C)C. The molecule has 2 nitrogen and oxygen atoms in total. The molecule has 1 rings (SSSR count). The zero-order chi connectivity index (χ0) is 16.6. The number of nitrogens with one attached hydrogen (secondary N) is 1. The highest BCUT2D eigenvalue weighted by Crippen LogP contribution is 2.36. The van der Waals surface area contributed by atoms with Crippen molar-refractivity contribution >= 4 is 5.78 Å². The van der Waals surface area contributed by atoms with E-state index in [4.69, 9.17) is 0 Å². The van der Waals surface area contributed by atoms with Gasteiger partial charge in [0.15, 0.2) is 0 Å². The van der Waals surface area contributed by atoms with Gasteiger partial charge in [0.2, 0.25) is 0 Å². The third-order valence-electron chi connectivity index (χ3n) is 5.44. The van der Waals surface area contributed by atoms with Gasteiger partial charge >= 0.3 is 0 Å². The van der Waals surface area contributed by atoms with Gasteiger partial charge in [-0.1, -0.05) is 59.3 Å². The lowest BCUT2D eigenvalue weighted by molar-refractivity contribution is -0.123. The molecule has 0 radical (unpaired) electrons. The van der Waals surface area contributed by atoms with Gasteiger partial charge in [-0.15, -0.1) is 0 Å². The second kappa shape index (κ2) is 9.70. The van der Waals surface area contributed by atoms with E-state index in [0.717, 1.165) is 18.8 Å². The van der Waals surface area contributed by atoms with Crippen molar-refractivity contribution in [3.05, 3.63) is 0 Å². The highest BCUT2D eigenvalue weighted by Gasteiger charge is 2.37. The molecule has 2 heteroatoms. The van der Waals surface area contributed by atoms with Gasteiger partial charge in [0.05, 0.1) is 6.04 Å². The first-order chi connectivity index (χ1) is 10.4. The maximum absolute atomic E-state index is 12.6.